The van der Waals surface area contributed by atoms with Crippen LogP contribution in [0.3, 0.4) is 0 Å². The number of benzene rings is 1. The molecule has 0 fully saturated rings. The lowest BCUT2D eigenvalue weighted by Gasteiger charge is -2.26. The van der Waals surface area contributed by atoms with Crippen LogP contribution in [0.2, 0.25) is 0 Å². The third kappa shape index (κ3) is 3.23. The number of nitrogens with two attached hydrogens (primary N) is 1. The summed E-state index contributed by atoms with van der Waals surface area (Å²) in [5.41, 5.74) is 6.06. The average molecular weight is 271 g/mol. The van der Waals surface area contributed by atoms with E-state index < -0.39 is 6.03 Å². The van der Waals surface area contributed by atoms with Gasteiger partial charge in [-0.2, -0.15) is 0 Å². The standard InChI is InChI=1S/C11H15BrN2O/c1-11(2,7-14-10(13)15)8-5-3-4-6-9(8)12/h3-6H,7H2,1-2H3,(H3,13,14,15). The molecule has 0 spiro atoms. The quantitative estimate of drug-likeness (QED) is 0.871. The van der Waals surface area contributed by atoms with Crippen LogP contribution in [-0.4, -0.2) is 12.6 Å². The van der Waals surface area contributed by atoms with Crippen LogP contribution in [0.5, 0.6) is 0 Å². The molecule has 15 heavy (non-hydrogen) atoms. The first-order valence-electron chi connectivity index (χ1n) is 4.72. The van der Waals surface area contributed by atoms with Crippen molar-refractivity contribution >= 4 is 22.0 Å². The van der Waals surface area contributed by atoms with Crippen LogP contribution in [0.15, 0.2) is 28.7 Å². The van der Waals surface area contributed by atoms with E-state index in [9.17, 15) is 4.79 Å². The number of carbonyl (C=O) groups excluding carboxylic acids is 1. The Bertz CT molecular complexity index is 363. The monoisotopic (exact) mass is 270 g/mol. The maximum absolute atomic E-state index is 10.7. The lowest BCUT2D eigenvalue weighted by Crippen LogP contribution is -2.39. The van der Waals surface area contributed by atoms with Gasteiger partial charge in [0.05, 0.1) is 0 Å². The Labute approximate surface area is 98.2 Å². The minimum atomic E-state index is -0.491. The summed E-state index contributed by atoms with van der Waals surface area (Å²) < 4.78 is 1.04. The predicted molar refractivity (Wildman–Crippen MR) is 64.8 cm³/mol. The maximum Gasteiger partial charge on any atom is 0.312 e. The summed E-state index contributed by atoms with van der Waals surface area (Å²) in [5.74, 6) is 0. The highest BCUT2D eigenvalue weighted by molar-refractivity contribution is 9.10. The summed E-state index contributed by atoms with van der Waals surface area (Å²) in [4.78, 5) is 10.7. The molecule has 0 unspecified atom stereocenters. The molecule has 0 heterocycles. The summed E-state index contributed by atoms with van der Waals surface area (Å²) >= 11 is 3.50. The van der Waals surface area contributed by atoms with E-state index in [1.54, 1.807) is 0 Å². The molecule has 0 aliphatic rings. The van der Waals surface area contributed by atoms with Gasteiger partial charge < -0.3 is 11.1 Å². The molecule has 2 amide bonds. The number of hydrogen-bond acceptors (Lipinski definition) is 1. The van der Waals surface area contributed by atoms with Gasteiger partial charge in [-0.3, -0.25) is 0 Å². The molecule has 0 bridgehead atoms. The van der Waals surface area contributed by atoms with Crippen molar-refractivity contribution in [2.24, 2.45) is 5.73 Å². The van der Waals surface area contributed by atoms with Crippen molar-refractivity contribution in [1.29, 1.82) is 0 Å². The van der Waals surface area contributed by atoms with Gasteiger partial charge in [0.1, 0.15) is 0 Å². The molecular weight excluding hydrogens is 256 g/mol. The second kappa shape index (κ2) is 4.66. The summed E-state index contributed by atoms with van der Waals surface area (Å²) in [5, 5.41) is 2.63. The van der Waals surface area contributed by atoms with Crippen molar-refractivity contribution < 1.29 is 4.79 Å². The molecule has 0 saturated heterocycles. The van der Waals surface area contributed by atoms with Crippen molar-refractivity contribution in [1.82, 2.24) is 5.32 Å². The van der Waals surface area contributed by atoms with Crippen LogP contribution < -0.4 is 11.1 Å². The zero-order valence-electron chi connectivity index (χ0n) is 8.88. The molecule has 4 heteroatoms. The molecule has 0 radical (unpaired) electrons. The number of amides is 2. The fourth-order valence-corrected chi connectivity index (χ4v) is 2.23. The lowest BCUT2D eigenvalue weighted by molar-refractivity contribution is 0.246. The highest BCUT2D eigenvalue weighted by Crippen LogP contribution is 2.29. The van der Waals surface area contributed by atoms with Crippen molar-refractivity contribution in [3.8, 4) is 0 Å². The van der Waals surface area contributed by atoms with E-state index in [0.29, 0.717) is 6.54 Å². The van der Waals surface area contributed by atoms with E-state index in [4.69, 9.17) is 5.73 Å². The molecule has 0 atom stereocenters. The summed E-state index contributed by atoms with van der Waals surface area (Å²) in [6.07, 6.45) is 0. The summed E-state index contributed by atoms with van der Waals surface area (Å²) in [7, 11) is 0. The summed E-state index contributed by atoms with van der Waals surface area (Å²) in [6, 6.07) is 7.47. The van der Waals surface area contributed by atoms with Gasteiger partial charge in [0, 0.05) is 16.4 Å². The summed E-state index contributed by atoms with van der Waals surface area (Å²) in [6.45, 7) is 4.64. The van der Waals surface area contributed by atoms with Gasteiger partial charge in [0.25, 0.3) is 0 Å². The van der Waals surface area contributed by atoms with Crippen molar-refractivity contribution in [2.75, 3.05) is 6.54 Å². The Morgan fingerprint density at radius 2 is 2.07 bits per heavy atom. The fourth-order valence-electron chi connectivity index (χ4n) is 1.41. The fraction of sp³-hybridized carbons (Fsp3) is 0.364. The number of carbonyl (C=O) groups is 1. The molecular formula is C11H15BrN2O. The Balaban J connectivity index is 2.85. The smallest absolute Gasteiger partial charge is 0.312 e. The third-order valence-electron chi connectivity index (χ3n) is 2.31. The van der Waals surface area contributed by atoms with Crippen molar-refractivity contribution in [3.05, 3.63) is 34.3 Å². The highest BCUT2D eigenvalue weighted by Gasteiger charge is 2.22. The zero-order valence-corrected chi connectivity index (χ0v) is 10.5. The predicted octanol–water partition coefficient (Wildman–Crippen LogP) is 2.40. The van der Waals surface area contributed by atoms with Gasteiger partial charge in [-0.1, -0.05) is 48.0 Å². The number of primary amides is 1. The SMILES string of the molecule is CC(C)(CNC(N)=O)c1ccccc1Br. The lowest BCUT2D eigenvalue weighted by atomic mass is 9.85. The number of halogens is 1. The van der Waals surface area contributed by atoms with E-state index in [1.807, 2.05) is 24.3 Å². The molecule has 0 aliphatic heterocycles. The van der Waals surface area contributed by atoms with E-state index in [0.717, 1.165) is 10.0 Å². The maximum atomic E-state index is 10.7. The minimum absolute atomic E-state index is 0.144. The van der Waals surface area contributed by atoms with Gasteiger partial charge >= 0.3 is 6.03 Å². The average Bonchev–Trinajstić information content (AvgIpc) is 2.15. The van der Waals surface area contributed by atoms with Crippen LogP contribution in [-0.2, 0) is 5.41 Å². The van der Waals surface area contributed by atoms with Crippen LogP contribution in [0.25, 0.3) is 0 Å². The topological polar surface area (TPSA) is 55.1 Å². The number of urea groups is 1. The number of hydrogen-bond donors (Lipinski definition) is 2. The Kier molecular flexibility index (Phi) is 3.74. The minimum Gasteiger partial charge on any atom is -0.352 e. The van der Waals surface area contributed by atoms with E-state index >= 15 is 0 Å². The molecule has 0 aliphatic carbocycles. The number of nitrogens with one attached hydrogen (secondary N) is 1. The van der Waals surface area contributed by atoms with Crippen molar-refractivity contribution in [3.63, 3.8) is 0 Å². The zero-order chi connectivity index (χ0) is 11.5. The largest absolute Gasteiger partial charge is 0.352 e. The first-order chi connectivity index (χ1) is 6.93. The Morgan fingerprint density at radius 1 is 1.47 bits per heavy atom. The molecule has 82 valence electrons. The van der Waals surface area contributed by atoms with Crippen LogP contribution in [0.1, 0.15) is 19.4 Å². The van der Waals surface area contributed by atoms with Gasteiger partial charge in [0.15, 0.2) is 0 Å². The van der Waals surface area contributed by atoms with Gasteiger partial charge in [-0.15, -0.1) is 0 Å². The molecule has 1 rings (SSSR count). The van der Waals surface area contributed by atoms with Crippen LogP contribution in [0.4, 0.5) is 4.79 Å². The normalized spacial score (nSPS) is 11.1. The Morgan fingerprint density at radius 3 is 2.60 bits per heavy atom. The molecule has 0 aromatic heterocycles. The Hall–Kier alpha value is -1.03. The van der Waals surface area contributed by atoms with E-state index in [-0.39, 0.29) is 5.41 Å². The van der Waals surface area contributed by atoms with E-state index in [1.165, 1.54) is 0 Å². The molecule has 0 saturated carbocycles. The first kappa shape index (κ1) is 12.0. The second-order valence-electron chi connectivity index (χ2n) is 4.08. The van der Waals surface area contributed by atoms with Gasteiger partial charge in [0.2, 0.25) is 0 Å². The molecule has 3 nitrogen and oxygen atoms in total. The molecule has 1 aromatic rings. The van der Waals surface area contributed by atoms with Crippen LogP contribution in [0, 0.1) is 0 Å². The molecule has 3 N–H and O–H groups in total. The second-order valence-corrected chi connectivity index (χ2v) is 4.94. The van der Waals surface area contributed by atoms with Gasteiger partial charge in [-0.05, 0) is 11.6 Å². The van der Waals surface area contributed by atoms with Crippen molar-refractivity contribution in [2.45, 2.75) is 19.3 Å². The van der Waals surface area contributed by atoms with Crippen LogP contribution >= 0.6 is 15.9 Å². The first-order valence-corrected chi connectivity index (χ1v) is 5.51. The van der Waals surface area contributed by atoms with Gasteiger partial charge in [-0.25, -0.2) is 4.79 Å². The third-order valence-corrected chi connectivity index (χ3v) is 3.00. The molecule has 1 aromatic carbocycles. The number of rotatable bonds is 3. The van der Waals surface area contributed by atoms with E-state index in [2.05, 4.69) is 35.1 Å². The highest BCUT2D eigenvalue weighted by atomic mass is 79.9.